The zero-order valence-electron chi connectivity index (χ0n) is 15.1. The summed E-state index contributed by atoms with van der Waals surface area (Å²) in [5.74, 6) is 0.283. The van der Waals surface area contributed by atoms with Gasteiger partial charge in [-0.2, -0.15) is 0 Å². The standard InChI is InChI=1S/C20H27N3OS/c1-16-19(25-15-21-16)10-11-20(24)23-12-6-9-18(14-23)22(2)13-17-7-4-3-5-8-17/h3-5,7-8,15,18H,6,9-14H2,1-2H3. The second-order valence-electron chi connectivity index (χ2n) is 6.90. The first-order valence-electron chi connectivity index (χ1n) is 9.04. The molecule has 0 saturated carbocycles. The zero-order chi connectivity index (χ0) is 17.6. The van der Waals surface area contributed by atoms with Gasteiger partial charge >= 0.3 is 0 Å². The Morgan fingerprint density at radius 3 is 2.88 bits per heavy atom. The number of rotatable bonds is 6. The molecular weight excluding hydrogens is 330 g/mol. The molecule has 1 aliphatic heterocycles. The first-order chi connectivity index (χ1) is 12.1. The van der Waals surface area contributed by atoms with Gasteiger partial charge in [0.25, 0.3) is 0 Å². The van der Waals surface area contributed by atoms with Gasteiger partial charge in [0.15, 0.2) is 0 Å². The first-order valence-corrected chi connectivity index (χ1v) is 9.92. The van der Waals surface area contributed by atoms with Crippen LogP contribution in [0.3, 0.4) is 0 Å². The Morgan fingerprint density at radius 2 is 2.16 bits per heavy atom. The SMILES string of the molecule is Cc1ncsc1CCC(=O)N1CCCC(N(C)Cc2ccccc2)C1. The summed E-state index contributed by atoms with van der Waals surface area (Å²) >= 11 is 1.65. The van der Waals surface area contributed by atoms with Crippen molar-refractivity contribution >= 4 is 17.2 Å². The summed E-state index contributed by atoms with van der Waals surface area (Å²) in [6, 6.07) is 11.0. The molecule has 25 heavy (non-hydrogen) atoms. The van der Waals surface area contributed by atoms with E-state index in [1.54, 1.807) is 11.3 Å². The summed E-state index contributed by atoms with van der Waals surface area (Å²) in [7, 11) is 2.17. The Morgan fingerprint density at radius 1 is 1.36 bits per heavy atom. The van der Waals surface area contributed by atoms with Crippen molar-refractivity contribution in [2.45, 2.75) is 45.2 Å². The first kappa shape index (κ1) is 18.1. The highest BCUT2D eigenvalue weighted by atomic mass is 32.1. The molecule has 134 valence electrons. The number of benzene rings is 1. The Bertz CT molecular complexity index is 685. The van der Waals surface area contributed by atoms with E-state index in [1.165, 1.54) is 16.9 Å². The number of likely N-dealkylation sites (tertiary alicyclic amines) is 1. The summed E-state index contributed by atoms with van der Waals surface area (Å²) in [5, 5.41) is 0. The van der Waals surface area contributed by atoms with Gasteiger partial charge in [-0.15, -0.1) is 11.3 Å². The molecule has 0 bridgehead atoms. The van der Waals surface area contributed by atoms with Gasteiger partial charge in [-0.05, 0) is 38.8 Å². The van der Waals surface area contributed by atoms with Crippen LogP contribution in [-0.2, 0) is 17.8 Å². The number of aromatic nitrogens is 1. The molecule has 1 unspecified atom stereocenters. The lowest BCUT2D eigenvalue weighted by atomic mass is 10.0. The van der Waals surface area contributed by atoms with Gasteiger partial charge in [0.2, 0.25) is 5.91 Å². The summed E-state index contributed by atoms with van der Waals surface area (Å²) in [6.07, 6.45) is 3.67. The molecule has 0 radical (unpaired) electrons. The Hall–Kier alpha value is -1.72. The number of likely N-dealkylation sites (N-methyl/N-ethyl adjacent to an activating group) is 1. The number of carbonyl (C=O) groups is 1. The maximum absolute atomic E-state index is 12.6. The van der Waals surface area contributed by atoms with Crippen LogP contribution in [0.5, 0.6) is 0 Å². The highest BCUT2D eigenvalue weighted by Crippen LogP contribution is 2.19. The van der Waals surface area contributed by atoms with E-state index >= 15 is 0 Å². The van der Waals surface area contributed by atoms with Gasteiger partial charge in [-0.25, -0.2) is 4.98 Å². The van der Waals surface area contributed by atoms with Crippen LogP contribution < -0.4 is 0 Å². The molecule has 2 heterocycles. The molecular formula is C20H27N3OS. The van der Waals surface area contributed by atoms with Crippen LogP contribution in [0, 0.1) is 6.92 Å². The monoisotopic (exact) mass is 357 g/mol. The largest absolute Gasteiger partial charge is 0.341 e. The van der Waals surface area contributed by atoms with Gasteiger partial charge in [-0.1, -0.05) is 30.3 Å². The minimum Gasteiger partial charge on any atom is -0.341 e. The topological polar surface area (TPSA) is 36.4 Å². The normalized spacial score (nSPS) is 17.9. The lowest BCUT2D eigenvalue weighted by Crippen LogP contribution is -2.48. The fraction of sp³-hybridized carbons (Fsp3) is 0.500. The maximum Gasteiger partial charge on any atom is 0.222 e. The predicted octanol–water partition coefficient (Wildman–Crippen LogP) is 3.51. The number of hydrogen-bond acceptors (Lipinski definition) is 4. The third-order valence-electron chi connectivity index (χ3n) is 5.06. The number of aryl methyl sites for hydroxylation is 2. The van der Waals surface area contributed by atoms with Gasteiger partial charge in [-0.3, -0.25) is 9.69 Å². The molecule has 1 saturated heterocycles. The van der Waals surface area contributed by atoms with E-state index in [1.807, 2.05) is 12.4 Å². The van der Waals surface area contributed by atoms with Crippen molar-refractivity contribution < 1.29 is 4.79 Å². The van der Waals surface area contributed by atoms with E-state index in [9.17, 15) is 4.79 Å². The van der Waals surface area contributed by atoms with E-state index in [4.69, 9.17) is 0 Å². The summed E-state index contributed by atoms with van der Waals surface area (Å²) in [4.78, 5) is 22.6. The molecule has 1 atom stereocenters. The number of amides is 1. The second-order valence-corrected chi connectivity index (χ2v) is 7.84. The molecule has 1 amide bonds. The molecule has 1 aliphatic rings. The number of carbonyl (C=O) groups excluding carboxylic acids is 1. The van der Waals surface area contributed by atoms with Crippen molar-refractivity contribution in [3.8, 4) is 0 Å². The fourth-order valence-electron chi connectivity index (χ4n) is 3.49. The van der Waals surface area contributed by atoms with E-state index in [0.717, 1.165) is 38.2 Å². The summed E-state index contributed by atoms with van der Waals surface area (Å²) in [5.41, 5.74) is 4.26. The van der Waals surface area contributed by atoms with Gasteiger partial charge < -0.3 is 4.90 Å². The van der Waals surface area contributed by atoms with Crippen LogP contribution in [-0.4, -0.2) is 46.9 Å². The molecule has 1 fully saturated rings. The molecule has 5 heteroatoms. The lowest BCUT2D eigenvalue weighted by Gasteiger charge is -2.37. The van der Waals surface area contributed by atoms with Crippen molar-refractivity contribution in [3.05, 3.63) is 52.0 Å². The molecule has 1 aromatic heterocycles. The van der Waals surface area contributed by atoms with Crippen molar-refractivity contribution in [2.75, 3.05) is 20.1 Å². The summed E-state index contributed by atoms with van der Waals surface area (Å²) < 4.78 is 0. The molecule has 1 aromatic carbocycles. The van der Waals surface area contributed by atoms with Crippen LogP contribution in [0.1, 0.15) is 35.4 Å². The average molecular weight is 358 g/mol. The Kier molecular flexibility index (Phi) is 6.21. The van der Waals surface area contributed by atoms with Crippen LogP contribution >= 0.6 is 11.3 Å². The van der Waals surface area contributed by atoms with Crippen molar-refractivity contribution in [2.24, 2.45) is 0 Å². The fourth-order valence-corrected chi connectivity index (χ4v) is 4.27. The number of nitrogens with zero attached hydrogens (tertiary/aromatic N) is 3. The smallest absolute Gasteiger partial charge is 0.222 e. The number of hydrogen-bond donors (Lipinski definition) is 0. The van der Waals surface area contributed by atoms with Crippen LogP contribution in [0.4, 0.5) is 0 Å². The Balaban J connectivity index is 1.51. The zero-order valence-corrected chi connectivity index (χ0v) is 16.0. The maximum atomic E-state index is 12.6. The molecule has 0 N–H and O–H groups in total. The quantitative estimate of drug-likeness (QED) is 0.794. The van der Waals surface area contributed by atoms with E-state index in [2.05, 4.69) is 52.2 Å². The third kappa shape index (κ3) is 4.89. The van der Waals surface area contributed by atoms with Crippen molar-refractivity contribution in [1.29, 1.82) is 0 Å². The van der Waals surface area contributed by atoms with Crippen LogP contribution in [0.15, 0.2) is 35.8 Å². The van der Waals surface area contributed by atoms with Gasteiger partial charge in [0.05, 0.1) is 11.2 Å². The van der Waals surface area contributed by atoms with Crippen molar-refractivity contribution in [1.82, 2.24) is 14.8 Å². The van der Waals surface area contributed by atoms with Gasteiger partial charge in [0.1, 0.15) is 0 Å². The molecule has 3 rings (SSSR count). The number of piperidine rings is 1. The van der Waals surface area contributed by atoms with E-state index in [0.29, 0.717) is 12.5 Å². The molecule has 0 spiro atoms. The highest BCUT2D eigenvalue weighted by Gasteiger charge is 2.26. The highest BCUT2D eigenvalue weighted by molar-refractivity contribution is 7.09. The Labute approximate surface area is 154 Å². The average Bonchev–Trinajstić information content (AvgIpc) is 3.05. The second kappa shape index (κ2) is 8.59. The number of thiazole rings is 1. The lowest BCUT2D eigenvalue weighted by molar-refractivity contribution is -0.133. The van der Waals surface area contributed by atoms with Crippen molar-refractivity contribution in [3.63, 3.8) is 0 Å². The molecule has 0 aliphatic carbocycles. The third-order valence-corrected chi connectivity index (χ3v) is 6.05. The summed E-state index contributed by atoms with van der Waals surface area (Å²) in [6.45, 7) is 4.71. The van der Waals surface area contributed by atoms with E-state index in [-0.39, 0.29) is 5.91 Å². The predicted molar refractivity (Wildman–Crippen MR) is 103 cm³/mol. The van der Waals surface area contributed by atoms with Gasteiger partial charge in [0, 0.05) is 37.0 Å². The minimum absolute atomic E-state index is 0.283. The minimum atomic E-state index is 0.283. The molecule has 2 aromatic rings. The van der Waals surface area contributed by atoms with E-state index < -0.39 is 0 Å². The van der Waals surface area contributed by atoms with Crippen LogP contribution in [0.2, 0.25) is 0 Å². The van der Waals surface area contributed by atoms with Crippen LogP contribution in [0.25, 0.3) is 0 Å². The molecule has 4 nitrogen and oxygen atoms in total.